The van der Waals surface area contributed by atoms with Crippen LogP contribution in [0.25, 0.3) is 0 Å². The van der Waals surface area contributed by atoms with Gasteiger partial charge in [0.2, 0.25) is 5.91 Å². The summed E-state index contributed by atoms with van der Waals surface area (Å²) >= 11 is 0. The topological polar surface area (TPSA) is 32.3 Å². The van der Waals surface area contributed by atoms with Gasteiger partial charge in [0, 0.05) is 6.04 Å². The van der Waals surface area contributed by atoms with Crippen molar-refractivity contribution in [3.63, 3.8) is 0 Å². The van der Waals surface area contributed by atoms with Gasteiger partial charge in [-0.3, -0.25) is 10.1 Å². The molecule has 0 radical (unpaired) electrons. The second-order valence-electron chi connectivity index (χ2n) is 7.79. The minimum Gasteiger partial charge on any atom is -0.318 e. The normalized spacial score (nSPS) is 27.2. The van der Waals surface area contributed by atoms with Gasteiger partial charge in [-0.1, -0.05) is 51.5 Å². The number of carbonyl (C=O) groups excluding carboxylic acids is 1. The van der Waals surface area contributed by atoms with Crippen LogP contribution in [0.2, 0.25) is 0 Å². The van der Waals surface area contributed by atoms with E-state index in [4.69, 9.17) is 0 Å². The highest BCUT2D eigenvalue weighted by Crippen LogP contribution is 2.66. The average Bonchev–Trinajstić information content (AvgIpc) is 2.68. The van der Waals surface area contributed by atoms with Crippen molar-refractivity contribution in [2.45, 2.75) is 53.8 Å². The summed E-state index contributed by atoms with van der Waals surface area (Å²) in [6.07, 6.45) is 0.0171. The van der Waals surface area contributed by atoms with E-state index in [1.54, 1.807) is 0 Å². The molecule has 114 valence electrons. The zero-order valence-corrected chi connectivity index (χ0v) is 13.9. The van der Waals surface area contributed by atoms with Gasteiger partial charge in [0.15, 0.2) is 0 Å². The van der Waals surface area contributed by atoms with Gasteiger partial charge in [-0.2, -0.15) is 0 Å². The Morgan fingerprint density at radius 1 is 1.14 bits per heavy atom. The Morgan fingerprint density at radius 2 is 1.76 bits per heavy atom. The third kappa shape index (κ3) is 1.94. The summed E-state index contributed by atoms with van der Waals surface area (Å²) in [4.78, 5) is 14.6. The fourth-order valence-corrected chi connectivity index (χ4v) is 3.98. The molecule has 0 aromatic heterocycles. The van der Waals surface area contributed by atoms with Crippen LogP contribution in [0.1, 0.15) is 50.6 Å². The Bertz CT molecular complexity index is 589. The van der Waals surface area contributed by atoms with E-state index >= 15 is 0 Å². The summed E-state index contributed by atoms with van der Waals surface area (Å²) in [6, 6.07) is 6.79. The largest absolute Gasteiger partial charge is 0.318 e. The number of hydrogen-bond donors (Lipinski definition) is 1. The third-order valence-corrected chi connectivity index (χ3v) is 5.96. The lowest BCUT2D eigenvalue weighted by atomic mass is 10.0. The summed E-state index contributed by atoms with van der Waals surface area (Å²) in [5, 5.41) is 3.41. The number of rotatable bonds is 2. The van der Waals surface area contributed by atoms with Crippen LogP contribution < -0.4 is 5.32 Å². The van der Waals surface area contributed by atoms with Crippen molar-refractivity contribution in [1.82, 2.24) is 10.2 Å². The first-order chi connectivity index (χ1) is 9.68. The summed E-state index contributed by atoms with van der Waals surface area (Å²) < 4.78 is 0. The maximum Gasteiger partial charge on any atom is 0.238 e. The second kappa shape index (κ2) is 4.33. The molecule has 1 saturated carbocycles. The smallest absolute Gasteiger partial charge is 0.238 e. The summed E-state index contributed by atoms with van der Waals surface area (Å²) in [5.41, 5.74) is 4.06. The number of nitrogens with zero attached hydrogens (tertiary/aromatic N) is 1. The molecular weight excluding hydrogens is 260 g/mol. The van der Waals surface area contributed by atoms with E-state index in [1.807, 2.05) is 0 Å². The molecule has 1 aliphatic heterocycles. The molecule has 0 spiro atoms. The van der Waals surface area contributed by atoms with E-state index in [0.717, 1.165) is 0 Å². The van der Waals surface area contributed by atoms with E-state index < -0.39 is 0 Å². The van der Waals surface area contributed by atoms with Crippen LogP contribution in [0.5, 0.6) is 0 Å². The van der Waals surface area contributed by atoms with Gasteiger partial charge in [0.25, 0.3) is 0 Å². The standard InChI is InChI=1S/C18H26N2O/c1-11-7-8-12(2)13(9-11)15-19-10-14(21)20(15)16-17(3,4)18(16,5)6/h7-9,15-16,19H,10H2,1-6H3. The molecule has 1 heterocycles. The lowest BCUT2D eigenvalue weighted by Crippen LogP contribution is -2.36. The molecular formula is C18H26N2O. The molecule has 2 fully saturated rings. The molecule has 2 aliphatic rings. The van der Waals surface area contributed by atoms with Crippen LogP contribution in [0.15, 0.2) is 18.2 Å². The van der Waals surface area contributed by atoms with Gasteiger partial charge in [-0.15, -0.1) is 0 Å². The Hall–Kier alpha value is -1.35. The molecule has 0 bridgehead atoms. The first-order valence-electron chi connectivity index (χ1n) is 7.79. The zero-order chi connectivity index (χ0) is 15.6. The molecule has 21 heavy (non-hydrogen) atoms. The van der Waals surface area contributed by atoms with Crippen LogP contribution in [0.4, 0.5) is 0 Å². The SMILES string of the molecule is Cc1ccc(C)c(C2NCC(=O)N2C2C(C)(C)C2(C)C)c1. The van der Waals surface area contributed by atoms with Crippen molar-refractivity contribution in [3.8, 4) is 0 Å². The fourth-order valence-electron chi connectivity index (χ4n) is 3.98. The molecule has 1 aromatic carbocycles. The first-order valence-corrected chi connectivity index (χ1v) is 7.79. The number of amides is 1. The van der Waals surface area contributed by atoms with Crippen molar-refractivity contribution in [2.24, 2.45) is 10.8 Å². The summed E-state index contributed by atoms with van der Waals surface area (Å²) in [7, 11) is 0. The molecule has 3 heteroatoms. The predicted octanol–water partition coefficient (Wildman–Crippen LogP) is 3.17. The van der Waals surface area contributed by atoms with E-state index in [9.17, 15) is 4.79 Å². The van der Waals surface area contributed by atoms with Gasteiger partial charge in [-0.25, -0.2) is 0 Å². The number of hydrogen-bond acceptors (Lipinski definition) is 2. The van der Waals surface area contributed by atoms with Gasteiger partial charge < -0.3 is 4.90 Å². The van der Waals surface area contributed by atoms with Crippen molar-refractivity contribution < 1.29 is 4.79 Å². The lowest BCUT2D eigenvalue weighted by molar-refractivity contribution is -0.129. The van der Waals surface area contributed by atoms with Gasteiger partial charge in [0.1, 0.15) is 6.17 Å². The van der Waals surface area contributed by atoms with E-state index in [1.165, 1.54) is 16.7 Å². The summed E-state index contributed by atoms with van der Waals surface area (Å²) in [6.45, 7) is 13.7. The molecule has 1 N–H and O–H groups in total. The molecule has 1 aromatic rings. The first kappa shape index (κ1) is 14.6. The van der Waals surface area contributed by atoms with Crippen LogP contribution >= 0.6 is 0 Å². The maximum atomic E-state index is 12.5. The van der Waals surface area contributed by atoms with Crippen LogP contribution in [-0.2, 0) is 4.79 Å². The van der Waals surface area contributed by atoms with E-state index in [-0.39, 0.29) is 22.9 Å². The van der Waals surface area contributed by atoms with Crippen LogP contribution in [-0.4, -0.2) is 23.4 Å². The van der Waals surface area contributed by atoms with Crippen molar-refractivity contribution in [2.75, 3.05) is 6.54 Å². The van der Waals surface area contributed by atoms with Gasteiger partial charge >= 0.3 is 0 Å². The minimum atomic E-state index is 0.0171. The predicted molar refractivity (Wildman–Crippen MR) is 84.9 cm³/mol. The quantitative estimate of drug-likeness (QED) is 0.905. The molecule has 1 aliphatic carbocycles. The van der Waals surface area contributed by atoms with E-state index in [2.05, 4.69) is 70.0 Å². The highest BCUT2D eigenvalue weighted by Gasteiger charge is 2.69. The molecule has 1 amide bonds. The zero-order valence-electron chi connectivity index (χ0n) is 13.9. The van der Waals surface area contributed by atoms with Crippen LogP contribution in [0, 0.1) is 24.7 Å². The summed E-state index contributed by atoms with van der Waals surface area (Å²) in [5.74, 6) is 0.226. The Balaban J connectivity index is 2.00. The highest BCUT2D eigenvalue weighted by molar-refractivity contribution is 5.82. The number of nitrogens with one attached hydrogen (secondary N) is 1. The molecule has 1 unspecified atom stereocenters. The van der Waals surface area contributed by atoms with Crippen LogP contribution in [0.3, 0.4) is 0 Å². The Labute approximate surface area is 127 Å². The number of aryl methyl sites for hydroxylation is 2. The van der Waals surface area contributed by atoms with Crippen molar-refractivity contribution >= 4 is 5.91 Å². The number of benzene rings is 1. The lowest BCUT2D eigenvalue weighted by Gasteiger charge is -2.28. The maximum absolute atomic E-state index is 12.5. The molecule has 1 saturated heterocycles. The van der Waals surface area contributed by atoms with Crippen molar-refractivity contribution in [1.29, 1.82) is 0 Å². The molecule has 3 rings (SSSR count). The van der Waals surface area contributed by atoms with E-state index in [0.29, 0.717) is 12.6 Å². The average molecular weight is 286 g/mol. The van der Waals surface area contributed by atoms with Gasteiger partial charge in [0.05, 0.1) is 6.54 Å². The minimum absolute atomic E-state index is 0.0171. The number of carbonyl (C=O) groups is 1. The monoisotopic (exact) mass is 286 g/mol. The van der Waals surface area contributed by atoms with Crippen molar-refractivity contribution in [3.05, 3.63) is 34.9 Å². The second-order valence-corrected chi connectivity index (χ2v) is 7.79. The van der Waals surface area contributed by atoms with Gasteiger partial charge in [-0.05, 0) is 35.8 Å². The molecule has 1 atom stereocenters. The third-order valence-electron chi connectivity index (χ3n) is 5.96. The molecule has 3 nitrogen and oxygen atoms in total. The Morgan fingerprint density at radius 3 is 2.33 bits per heavy atom. The Kier molecular flexibility index (Phi) is 3.00. The highest BCUT2D eigenvalue weighted by atomic mass is 16.2. The fraction of sp³-hybridized carbons (Fsp3) is 0.611.